The Morgan fingerprint density at radius 3 is 2.71 bits per heavy atom. The molecule has 0 heterocycles. The van der Waals surface area contributed by atoms with E-state index in [4.69, 9.17) is 15.6 Å². The standard InChI is InChI=1S/C11H17NO2/c1-8(13)7-14-11-5-3-4-10(6-11)9(2)12/h3-6,8-9,13H,7,12H2,1-2H3/t8?,9-/m0/s1. The highest BCUT2D eigenvalue weighted by atomic mass is 16.5. The van der Waals surface area contributed by atoms with Gasteiger partial charge in [-0.25, -0.2) is 0 Å². The summed E-state index contributed by atoms with van der Waals surface area (Å²) in [6.07, 6.45) is -0.450. The Kier molecular flexibility index (Phi) is 3.92. The highest BCUT2D eigenvalue weighted by molar-refractivity contribution is 5.30. The van der Waals surface area contributed by atoms with Crippen LogP contribution in [0.5, 0.6) is 5.75 Å². The predicted molar refractivity (Wildman–Crippen MR) is 56.2 cm³/mol. The van der Waals surface area contributed by atoms with Crippen molar-refractivity contribution < 1.29 is 9.84 Å². The Hall–Kier alpha value is -1.06. The van der Waals surface area contributed by atoms with E-state index in [-0.39, 0.29) is 6.04 Å². The van der Waals surface area contributed by atoms with Crippen LogP contribution in [-0.2, 0) is 0 Å². The third-order valence-corrected chi connectivity index (χ3v) is 1.88. The van der Waals surface area contributed by atoms with Crippen LogP contribution in [-0.4, -0.2) is 17.8 Å². The molecule has 1 rings (SSSR count). The van der Waals surface area contributed by atoms with Crippen LogP contribution < -0.4 is 10.5 Å². The maximum Gasteiger partial charge on any atom is 0.119 e. The number of aliphatic hydroxyl groups excluding tert-OH is 1. The normalized spacial score (nSPS) is 14.9. The zero-order chi connectivity index (χ0) is 10.6. The van der Waals surface area contributed by atoms with Gasteiger partial charge in [0.05, 0.1) is 6.10 Å². The smallest absolute Gasteiger partial charge is 0.119 e. The van der Waals surface area contributed by atoms with Gasteiger partial charge in [-0.05, 0) is 31.5 Å². The first-order valence-electron chi connectivity index (χ1n) is 4.76. The SMILES string of the molecule is CC(O)COc1cccc([C@H](C)N)c1. The Morgan fingerprint density at radius 1 is 1.43 bits per heavy atom. The average molecular weight is 195 g/mol. The van der Waals surface area contributed by atoms with Crippen LogP contribution in [0.1, 0.15) is 25.5 Å². The van der Waals surface area contributed by atoms with E-state index in [2.05, 4.69) is 0 Å². The predicted octanol–water partition coefficient (Wildman–Crippen LogP) is 1.47. The molecular weight excluding hydrogens is 178 g/mol. The molecule has 0 amide bonds. The summed E-state index contributed by atoms with van der Waals surface area (Å²) in [5, 5.41) is 9.04. The minimum Gasteiger partial charge on any atom is -0.491 e. The monoisotopic (exact) mass is 195 g/mol. The van der Waals surface area contributed by atoms with Crippen LogP contribution in [0.4, 0.5) is 0 Å². The lowest BCUT2D eigenvalue weighted by Crippen LogP contribution is -2.13. The summed E-state index contributed by atoms with van der Waals surface area (Å²) in [6, 6.07) is 7.61. The van der Waals surface area contributed by atoms with Gasteiger partial charge in [0.2, 0.25) is 0 Å². The van der Waals surface area contributed by atoms with Gasteiger partial charge in [-0.3, -0.25) is 0 Å². The molecule has 1 unspecified atom stereocenters. The Bertz CT molecular complexity index is 284. The molecule has 0 radical (unpaired) electrons. The Balaban J connectivity index is 2.64. The van der Waals surface area contributed by atoms with Crippen molar-refractivity contribution in [3.8, 4) is 5.75 Å². The molecule has 0 bridgehead atoms. The van der Waals surface area contributed by atoms with Gasteiger partial charge in [0.1, 0.15) is 12.4 Å². The van der Waals surface area contributed by atoms with Crippen LogP contribution >= 0.6 is 0 Å². The molecule has 0 saturated carbocycles. The molecule has 0 spiro atoms. The first kappa shape index (κ1) is 11.0. The van der Waals surface area contributed by atoms with Crippen LogP contribution in [0.3, 0.4) is 0 Å². The van der Waals surface area contributed by atoms with Crippen LogP contribution in [0, 0.1) is 0 Å². The zero-order valence-corrected chi connectivity index (χ0v) is 8.60. The Morgan fingerprint density at radius 2 is 2.14 bits per heavy atom. The summed E-state index contributed by atoms with van der Waals surface area (Å²) in [4.78, 5) is 0. The van der Waals surface area contributed by atoms with Crippen molar-refractivity contribution in [1.29, 1.82) is 0 Å². The number of hydrogen-bond donors (Lipinski definition) is 2. The quantitative estimate of drug-likeness (QED) is 0.764. The molecule has 0 aromatic heterocycles. The van der Waals surface area contributed by atoms with Crippen molar-refractivity contribution >= 4 is 0 Å². The fourth-order valence-electron chi connectivity index (χ4n) is 1.10. The molecule has 1 aromatic carbocycles. The molecule has 0 fully saturated rings. The molecule has 0 saturated heterocycles. The molecule has 3 N–H and O–H groups in total. The van der Waals surface area contributed by atoms with Gasteiger partial charge in [0, 0.05) is 6.04 Å². The summed E-state index contributed by atoms with van der Waals surface area (Å²) in [7, 11) is 0. The van der Waals surface area contributed by atoms with E-state index in [1.807, 2.05) is 31.2 Å². The largest absolute Gasteiger partial charge is 0.491 e. The van der Waals surface area contributed by atoms with E-state index in [0.29, 0.717) is 6.61 Å². The number of hydrogen-bond acceptors (Lipinski definition) is 3. The van der Waals surface area contributed by atoms with Gasteiger partial charge in [0.25, 0.3) is 0 Å². The van der Waals surface area contributed by atoms with Crippen molar-refractivity contribution in [1.82, 2.24) is 0 Å². The summed E-state index contributed by atoms with van der Waals surface area (Å²) < 4.78 is 5.35. The Labute approximate surface area is 84.5 Å². The fourth-order valence-corrected chi connectivity index (χ4v) is 1.10. The van der Waals surface area contributed by atoms with Crippen molar-refractivity contribution in [2.45, 2.75) is 26.0 Å². The van der Waals surface area contributed by atoms with Gasteiger partial charge in [-0.1, -0.05) is 12.1 Å². The molecular formula is C11H17NO2. The highest BCUT2D eigenvalue weighted by Crippen LogP contribution is 2.17. The van der Waals surface area contributed by atoms with E-state index in [0.717, 1.165) is 11.3 Å². The first-order valence-corrected chi connectivity index (χ1v) is 4.76. The van der Waals surface area contributed by atoms with Gasteiger partial charge in [-0.15, -0.1) is 0 Å². The summed E-state index contributed by atoms with van der Waals surface area (Å²) in [6.45, 7) is 3.92. The first-order chi connectivity index (χ1) is 6.59. The van der Waals surface area contributed by atoms with Crippen molar-refractivity contribution in [3.05, 3.63) is 29.8 Å². The molecule has 14 heavy (non-hydrogen) atoms. The molecule has 0 aliphatic carbocycles. The molecule has 3 nitrogen and oxygen atoms in total. The minimum atomic E-state index is -0.450. The molecule has 0 aliphatic rings. The molecule has 3 heteroatoms. The zero-order valence-electron chi connectivity index (χ0n) is 8.60. The second-order valence-corrected chi connectivity index (χ2v) is 3.52. The summed E-state index contributed by atoms with van der Waals surface area (Å²) >= 11 is 0. The second kappa shape index (κ2) is 4.98. The van der Waals surface area contributed by atoms with Gasteiger partial charge >= 0.3 is 0 Å². The number of nitrogens with two attached hydrogens (primary N) is 1. The van der Waals surface area contributed by atoms with Gasteiger partial charge < -0.3 is 15.6 Å². The lowest BCUT2D eigenvalue weighted by molar-refractivity contribution is 0.122. The highest BCUT2D eigenvalue weighted by Gasteiger charge is 2.02. The fraction of sp³-hybridized carbons (Fsp3) is 0.455. The lowest BCUT2D eigenvalue weighted by Gasteiger charge is -2.10. The summed E-state index contributed by atoms with van der Waals surface area (Å²) in [5.74, 6) is 0.751. The minimum absolute atomic E-state index is 0.00472. The van der Waals surface area contributed by atoms with Gasteiger partial charge in [-0.2, -0.15) is 0 Å². The molecule has 2 atom stereocenters. The number of rotatable bonds is 4. The van der Waals surface area contributed by atoms with Crippen molar-refractivity contribution in [2.75, 3.05) is 6.61 Å². The third kappa shape index (κ3) is 3.36. The maximum atomic E-state index is 9.04. The van der Waals surface area contributed by atoms with E-state index in [1.165, 1.54) is 0 Å². The lowest BCUT2D eigenvalue weighted by atomic mass is 10.1. The van der Waals surface area contributed by atoms with Crippen LogP contribution in [0.25, 0.3) is 0 Å². The summed E-state index contributed by atoms with van der Waals surface area (Å²) in [5.41, 5.74) is 6.77. The number of ether oxygens (including phenoxy) is 1. The van der Waals surface area contributed by atoms with E-state index in [1.54, 1.807) is 6.92 Å². The average Bonchev–Trinajstić information content (AvgIpc) is 2.15. The maximum absolute atomic E-state index is 9.04. The van der Waals surface area contributed by atoms with Crippen LogP contribution in [0.15, 0.2) is 24.3 Å². The van der Waals surface area contributed by atoms with E-state index < -0.39 is 6.10 Å². The van der Waals surface area contributed by atoms with Crippen LogP contribution in [0.2, 0.25) is 0 Å². The van der Waals surface area contributed by atoms with Gasteiger partial charge in [0.15, 0.2) is 0 Å². The molecule has 1 aromatic rings. The topological polar surface area (TPSA) is 55.5 Å². The van der Waals surface area contributed by atoms with E-state index >= 15 is 0 Å². The molecule has 0 aliphatic heterocycles. The number of aliphatic hydroxyl groups is 1. The van der Waals surface area contributed by atoms with Crippen molar-refractivity contribution in [2.24, 2.45) is 5.73 Å². The van der Waals surface area contributed by atoms with Crippen molar-refractivity contribution in [3.63, 3.8) is 0 Å². The number of benzene rings is 1. The third-order valence-electron chi connectivity index (χ3n) is 1.88. The molecule has 78 valence electrons. The second-order valence-electron chi connectivity index (χ2n) is 3.52. The van der Waals surface area contributed by atoms with E-state index in [9.17, 15) is 0 Å².